The maximum Gasteiger partial charge on any atom is 0.171 e. The van der Waals surface area contributed by atoms with Gasteiger partial charge < -0.3 is 4.74 Å². The second-order valence-corrected chi connectivity index (χ2v) is 5.86. The van der Waals surface area contributed by atoms with Crippen LogP contribution in [0, 0.1) is 17.3 Å². The summed E-state index contributed by atoms with van der Waals surface area (Å²) in [5, 5.41) is 0. The van der Waals surface area contributed by atoms with Crippen molar-refractivity contribution in [3.63, 3.8) is 0 Å². The first-order chi connectivity index (χ1) is 7.51. The Bertz CT molecular complexity index is 472. The van der Waals surface area contributed by atoms with Crippen LogP contribution in [0.25, 0.3) is 0 Å². The van der Waals surface area contributed by atoms with E-state index in [-0.39, 0.29) is 34.9 Å². The fourth-order valence-electron chi connectivity index (χ4n) is 4.21. The molecule has 0 aromatic heterocycles. The average Bonchev–Trinajstić information content (AvgIpc) is 2.87. The highest BCUT2D eigenvalue weighted by Gasteiger charge is 2.80. The molecule has 0 radical (unpaired) electrons. The Morgan fingerprint density at radius 2 is 2.06 bits per heavy atom. The SMILES string of the molecule is CC1=C[C@H]2[C@H]3O[C@@](C)([C@H]2C1=O)C1(CC1)C3=O. The van der Waals surface area contributed by atoms with Crippen LogP contribution >= 0.6 is 0 Å². The van der Waals surface area contributed by atoms with Crippen molar-refractivity contribution in [1.29, 1.82) is 0 Å². The Morgan fingerprint density at radius 3 is 2.69 bits per heavy atom. The minimum absolute atomic E-state index is 0.0243. The lowest BCUT2D eigenvalue weighted by Crippen LogP contribution is -2.49. The Balaban J connectivity index is 1.90. The van der Waals surface area contributed by atoms with Crippen LogP contribution in [-0.2, 0) is 14.3 Å². The first-order valence-corrected chi connectivity index (χ1v) is 5.96. The predicted molar refractivity (Wildman–Crippen MR) is 55.7 cm³/mol. The molecular formula is C13H14O3. The number of hydrogen-bond acceptors (Lipinski definition) is 3. The van der Waals surface area contributed by atoms with Gasteiger partial charge in [0.15, 0.2) is 11.6 Å². The third kappa shape index (κ3) is 0.647. The monoisotopic (exact) mass is 218 g/mol. The first kappa shape index (κ1) is 9.11. The maximum absolute atomic E-state index is 12.2. The number of allylic oxidation sites excluding steroid dienone is 1. The molecule has 2 saturated heterocycles. The van der Waals surface area contributed by atoms with Crippen molar-refractivity contribution in [2.75, 3.05) is 0 Å². The number of hydrogen-bond donors (Lipinski definition) is 0. The standard InChI is InChI=1S/C13H14O3/c1-6-5-7-8(9(6)14)12(2)13(3-4-13)11(15)10(7)16-12/h5,7-8,10H,3-4H2,1-2H3/t7-,8-,10-,12+/m1/s1. The van der Waals surface area contributed by atoms with E-state index < -0.39 is 5.60 Å². The Labute approximate surface area is 93.8 Å². The highest BCUT2D eigenvalue weighted by atomic mass is 16.5. The molecule has 3 fully saturated rings. The van der Waals surface area contributed by atoms with E-state index in [9.17, 15) is 9.59 Å². The zero-order valence-corrected chi connectivity index (χ0v) is 9.45. The van der Waals surface area contributed by atoms with Gasteiger partial charge in [0.1, 0.15) is 6.10 Å². The van der Waals surface area contributed by atoms with Gasteiger partial charge in [0.25, 0.3) is 0 Å². The Morgan fingerprint density at radius 1 is 1.38 bits per heavy atom. The van der Waals surface area contributed by atoms with Gasteiger partial charge in [-0.2, -0.15) is 0 Å². The molecule has 1 saturated carbocycles. The molecule has 16 heavy (non-hydrogen) atoms. The average molecular weight is 218 g/mol. The lowest BCUT2D eigenvalue weighted by Gasteiger charge is -2.34. The molecule has 84 valence electrons. The van der Waals surface area contributed by atoms with Gasteiger partial charge in [-0.3, -0.25) is 9.59 Å². The maximum atomic E-state index is 12.2. The summed E-state index contributed by atoms with van der Waals surface area (Å²) < 4.78 is 5.92. The number of rotatable bonds is 0. The van der Waals surface area contributed by atoms with Crippen LogP contribution in [0.4, 0.5) is 0 Å². The smallest absolute Gasteiger partial charge is 0.171 e. The molecule has 0 aromatic rings. The van der Waals surface area contributed by atoms with Crippen LogP contribution < -0.4 is 0 Å². The molecule has 0 unspecified atom stereocenters. The van der Waals surface area contributed by atoms with Crippen LogP contribution in [0.2, 0.25) is 0 Å². The minimum Gasteiger partial charge on any atom is -0.362 e. The summed E-state index contributed by atoms with van der Waals surface area (Å²) in [5.41, 5.74) is 0.0116. The van der Waals surface area contributed by atoms with Gasteiger partial charge in [-0.15, -0.1) is 0 Å². The lowest BCUT2D eigenvalue weighted by atomic mass is 9.65. The van der Waals surface area contributed by atoms with Gasteiger partial charge in [0, 0.05) is 5.92 Å². The predicted octanol–water partition coefficient (Wildman–Crippen LogP) is 1.27. The van der Waals surface area contributed by atoms with E-state index >= 15 is 0 Å². The van der Waals surface area contributed by atoms with Crippen molar-refractivity contribution in [2.24, 2.45) is 17.3 Å². The van der Waals surface area contributed by atoms with Gasteiger partial charge in [-0.25, -0.2) is 0 Å². The second kappa shape index (κ2) is 2.19. The van der Waals surface area contributed by atoms with E-state index in [0.717, 1.165) is 18.4 Å². The van der Waals surface area contributed by atoms with E-state index in [2.05, 4.69) is 0 Å². The summed E-state index contributed by atoms with van der Waals surface area (Å²) in [5.74, 6) is 0.401. The highest BCUT2D eigenvalue weighted by Crippen LogP contribution is 2.71. The van der Waals surface area contributed by atoms with Gasteiger partial charge in [-0.1, -0.05) is 6.08 Å². The molecule has 0 N–H and O–H groups in total. The van der Waals surface area contributed by atoms with E-state index in [1.165, 1.54) is 0 Å². The molecule has 2 bridgehead atoms. The second-order valence-electron chi connectivity index (χ2n) is 5.86. The number of Topliss-reactive ketones (excluding diaryl/α,β-unsaturated/α-hetero) is 2. The van der Waals surface area contributed by atoms with Crippen LogP contribution in [0.3, 0.4) is 0 Å². The van der Waals surface area contributed by atoms with Crippen molar-refractivity contribution >= 4 is 11.6 Å². The number of carbonyl (C=O) groups excluding carboxylic acids is 2. The molecule has 4 atom stereocenters. The van der Waals surface area contributed by atoms with Gasteiger partial charge in [0.05, 0.1) is 16.9 Å². The van der Waals surface area contributed by atoms with Crippen molar-refractivity contribution < 1.29 is 14.3 Å². The number of carbonyl (C=O) groups is 2. The fourth-order valence-corrected chi connectivity index (χ4v) is 4.21. The number of fused-ring (bicyclic) bond motifs is 6. The topological polar surface area (TPSA) is 43.4 Å². The van der Waals surface area contributed by atoms with Gasteiger partial charge in [-0.05, 0) is 32.3 Å². The number of ketones is 2. The van der Waals surface area contributed by atoms with Crippen molar-refractivity contribution in [1.82, 2.24) is 0 Å². The van der Waals surface area contributed by atoms with Crippen molar-refractivity contribution in [3.8, 4) is 0 Å². The summed E-state index contributed by atoms with van der Waals surface area (Å²) >= 11 is 0. The van der Waals surface area contributed by atoms with Gasteiger partial charge in [0.2, 0.25) is 0 Å². The molecule has 4 aliphatic rings. The molecule has 1 spiro atoms. The lowest BCUT2D eigenvalue weighted by molar-refractivity contribution is -0.131. The fraction of sp³-hybridized carbons (Fsp3) is 0.692. The molecule has 2 aliphatic carbocycles. The quantitative estimate of drug-likeness (QED) is 0.615. The summed E-state index contributed by atoms with van der Waals surface area (Å²) in [6, 6.07) is 0. The van der Waals surface area contributed by atoms with Crippen LogP contribution in [-0.4, -0.2) is 23.3 Å². The van der Waals surface area contributed by atoms with E-state index in [1.807, 2.05) is 19.9 Å². The molecular weight excluding hydrogens is 204 g/mol. The Hall–Kier alpha value is -0.960. The van der Waals surface area contributed by atoms with Crippen molar-refractivity contribution in [3.05, 3.63) is 11.6 Å². The molecule has 0 amide bonds. The van der Waals surface area contributed by atoms with Crippen LogP contribution in [0.5, 0.6) is 0 Å². The normalized spacial score (nSPS) is 51.1. The van der Waals surface area contributed by atoms with E-state index in [4.69, 9.17) is 4.74 Å². The molecule has 0 aromatic carbocycles. The van der Waals surface area contributed by atoms with Crippen molar-refractivity contribution in [2.45, 2.75) is 38.4 Å². The highest BCUT2D eigenvalue weighted by molar-refractivity contribution is 6.06. The third-order valence-corrected chi connectivity index (χ3v) is 5.24. The van der Waals surface area contributed by atoms with Gasteiger partial charge >= 0.3 is 0 Å². The van der Waals surface area contributed by atoms with E-state index in [1.54, 1.807) is 0 Å². The van der Waals surface area contributed by atoms with E-state index in [0.29, 0.717) is 0 Å². The van der Waals surface area contributed by atoms with Crippen LogP contribution in [0.1, 0.15) is 26.7 Å². The molecule has 2 aliphatic heterocycles. The Kier molecular flexibility index (Phi) is 1.25. The minimum atomic E-state index is -0.509. The molecule has 3 heteroatoms. The number of ether oxygens (including phenoxy) is 1. The molecule has 4 rings (SSSR count). The zero-order valence-electron chi connectivity index (χ0n) is 9.45. The molecule has 3 nitrogen and oxygen atoms in total. The first-order valence-electron chi connectivity index (χ1n) is 5.96. The zero-order chi connectivity index (χ0) is 11.3. The summed E-state index contributed by atoms with van der Waals surface area (Å²) in [7, 11) is 0. The summed E-state index contributed by atoms with van der Waals surface area (Å²) in [6.07, 6.45) is 3.44. The molecule has 2 heterocycles. The largest absolute Gasteiger partial charge is 0.362 e. The van der Waals surface area contributed by atoms with Crippen LogP contribution in [0.15, 0.2) is 11.6 Å². The summed E-state index contributed by atoms with van der Waals surface area (Å²) in [6.45, 7) is 3.83. The third-order valence-electron chi connectivity index (χ3n) is 5.24. The summed E-state index contributed by atoms with van der Waals surface area (Å²) in [4.78, 5) is 24.4.